The Hall–Kier alpha value is -2.24. The molecule has 82 valence electrons. The highest BCUT2D eigenvalue weighted by atomic mass is 16.1. The number of hydrogen-bond acceptors (Lipinski definition) is 4. The van der Waals surface area contributed by atoms with E-state index in [0.717, 1.165) is 12.1 Å². The first kappa shape index (κ1) is 10.3. The van der Waals surface area contributed by atoms with Gasteiger partial charge in [0.1, 0.15) is 6.33 Å². The molecule has 0 radical (unpaired) electrons. The minimum absolute atomic E-state index is 0.167. The predicted molar refractivity (Wildman–Crippen MR) is 56.7 cm³/mol. The molecule has 2 heterocycles. The molecule has 2 rings (SSSR count). The molecule has 2 N–H and O–H groups in total. The summed E-state index contributed by atoms with van der Waals surface area (Å²) in [5.41, 5.74) is 1.46. The van der Waals surface area contributed by atoms with Crippen molar-refractivity contribution in [2.75, 3.05) is 6.54 Å². The van der Waals surface area contributed by atoms with Crippen LogP contribution in [-0.2, 0) is 6.42 Å². The van der Waals surface area contributed by atoms with Crippen LogP contribution in [0.25, 0.3) is 0 Å². The standard InChI is InChI=1S/C10H11N5O/c16-10(8-3-11-6-12-4-8)14-2-1-9-5-13-7-15-9/h3-7H,1-2H2,(H,13,15)(H,14,16). The Morgan fingerprint density at radius 3 is 2.75 bits per heavy atom. The molecular weight excluding hydrogens is 206 g/mol. The van der Waals surface area contributed by atoms with Gasteiger partial charge in [0.2, 0.25) is 0 Å². The molecule has 0 bridgehead atoms. The largest absolute Gasteiger partial charge is 0.352 e. The summed E-state index contributed by atoms with van der Waals surface area (Å²) in [5, 5.41) is 2.77. The zero-order valence-electron chi connectivity index (χ0n) is 8.55. The zero-order chi connectivity index (χ0) is 11.2. The molecule has 0 saturated heterocycles. The molecule has 0 aliphatic carbocycles. The van der Waals surface area contributed by atoms with Gasteiger partial charge in [0.15, 0.2) is 0 Å². The van der Waals surface area contributed by atoms with E-state index in [9.17, 15) is 4.79 Å². The summed E-state index contributed by atoms with van der Waals surface area (Å²) in [6.07, 6.45) is 8.43. The fourth-order valence-corrected chi connectivity index (χ4v) is 1.25. The van der Waals surface area contributed by atoms with E-state index in [2.05, 4.69) is 25.3 Å². The van der Waals surface area contributed by atoms with E-state index in [-0.39, 0.29) is 5.91 Å². The van der Waals surface area contributed by atoms with Crippen LogP contribution in [0.2, 0.25) is 0 Å². The molecule has 0 aliphatic heterocycles. The maximum Gasteiger partial charge on any atom is 0.254 e. The summed E-state index contributed by atoms with van der Waals surface area (Å²) in [5.74, 6) is -0.167. The Bertz CT molecular complexity index is 439. The molecule has 1 amide bonds. The van der Waals surface area contributed by atoms with Crippen LogP contribution in [0.5, 0.6) is 0 Å². The number of H-pyrrole nitrogens is 1. The molecule has 0 aliphatic rings. The lowest BCUT2D eigenvalue weighted by Crippen LogP contribution is -2.25. The molecule has 0 atom stereocenters. The minimum Gasteiger partial charge on any atom is -0.352 e. The van der Waals surface area contributed by atoms with Crippen LogP contribution in [0.3, 0.4) is 0 Å². The van der Waals surface area contributed by atoms with Gasteiger partial charge in [-0.25, -0.2) is 15.0 Å². The van der Waals surface area contributed by atoms with Crippen molar-refractivity contribution >= 4 is 5.91 Å². The monoisotopic (exact) mass is 217 g/mol. The molecule has 0 spiro atoms. The second-order valence-corrected chi connectivity index (χ2v) is 3.21. The molecule has 0 unspecified atom stereocenters. The summed E-state index contributed by atoms with van der Waals surface area (Å²) in [6.45, 7) is 0.552. The number of carbonyl (C=O) groups excluding carboxylic acids is 1. The van der Waals surface area contributed by atoms with Crippen LogP contribution in [0.1, 0.15) is 16.1 Å². The van der Waals surface area contributed by atoms with Crippen LogP contribution in [0, 0.1) is 0 Å². The Balaban J connectivity index is 1.81. The van der Waals surface area contributed by atoms with Crippen molar-refractivity contribution in [1.29, 1.82) is 0 Å². The summed E-state index contributed by atoms with van der Waals surface area (Å²) >= 11 is 0. The van der Waals surface area contributed by atoms with Gasteiger partial charge in [-0.2, -0.15) is 0 Å². The van der Waals surface area contributed by atoms with Crippen molar-refractivity contribution in [2.45, 2.75) is 6.42 Å². The lowest BCUT2D eigenvalue weighted by atomic mass is 10.3. The third kappa shape index (κ3) is 2.63. The lowest BCUT2D eigenvalue weighted by Gasteiger charge is -2.02. The van der Waals surface area contributed by atoms with Crippen LogP contribution in [0.15, 0.2) is 31.2 Å². The van der Waals surface area contributed by atoms with Gasteiger partial charge in [0.25, 0.3) is 5.91 Å². The van der Waals surface area contributed by atoms with Crippen LogP contribution >= 0.6 is 0 Å². The first-order chi connectivity index (χ1) is 7.86. The van der Waals surface area contributed by atoms with Gasteiger partial charge in [-0.15, -0.1) is 0 Å². The minimum atomic E-state index is -0.167. The van der Waals surface area contributed by atoms with Gasteiger partial charge >= 0.3 is 0 Å². The first-order valence-electron chi connectivity index (χ1n) is 4.87. The van der Waals surface area contributed by atoms with Crippen molar-refractivity contribution in [1.82, 2.24) is 25.3 Å². The van der Waals surface area contributed by atoms with E-state index in [1.54, 1.807) is 12.5 Å². The van der Waals surface area contributed by atoms with E-state index >= 15 is 0 Å². The molecule has 16 heavy (non-hydrogen) atoms. The van der Waals surface area contributed by atoms with E-state index < -0.39 is 0 Å². The highest BCUT2D eigenvalue weighted by Crippen LogP contribution is 1.94. The second kappa shape index (κ2) is 5.01. The van der Waals surface area contributed by atoms with E-state index in [0.29, 0.717) is 12.1 Å². The predicted octanol–water partition coefficient (Wildman–Crippen LogP) is 0.172. The third-order valence-electron chi connectivity index (χ3n) is 2.06. The smallest absolute Gasteiger partial charge is 0.254 e. The fourth-order valence-electron chi connectivity index (χ4n) is 1.25. The van der Waals surface area contributed by atoms with Crippen molar-refractivity contribution in [3.63, 3.8) is 0 Å². The van der Waals surface area contributed by atoms with Crippen molar-refractivity contribution < 1.29 is 4.79 Å². The number of imidazole rings is 1. The Kier molecular flexibility index (Phi) is 3.22. The topological polar surface area (TPSA) is 83.6 Å². The summed E-state index contributed by atoms with van der Waals surface area (Å²) in [6, 6.07) is 0. The quantitative estimate of drug-likeness (QED) is 0.764. The Labute approximate surface area is 92.2 Å². The van der Waals surface area contributed by atoms with Crippen molar-refractivity contribution in [3.05, 3.63) is 42.5 Å². The van der Waals surface area contributed by atoms with Crippen LogP contribution in [0.4, 0.5) is 0 Å². The third-order valence-corrected chi connectivity index (χ3v) is 2.06. The number of amides is 1. The fraction of sp³-hybridized carbons (Fsp3) is 0.200. The number of nitrogens with one attached hydrogen (secondary N) is 2. The van der Waals surface area contributed by atoms with Gasteiger partial charge in [-0.3, -0.25) is 4.79 Å². The summed E-state index contributed by atoms with van der Waals surface area (Å²) < 4.78 is 0. The lowest BCUT2D eigenvalue weighted by molar-refractivity contribution is 0.0953. The molecule has 0 saturated carbocycles. The van der Waals surface area contributed by atoms with Gasteiger partial charge in [-0.1, -0.05) is 0 Å². The van der Waals surface area contributed by atoms with Crippen molar-refractivity contribution in [2.24, 2.45) is 0 Å². The zero-order valence-corrected chi connectivity index (χ0v) is 8.55. The average molecular weight is 217 g/mol. The van der Waals surface area contributed by atoms with Crippen LogP contribution < -0.4 is 5.32 Å². The highest BCUT2D eigenvalue weighted by Gasteiger charge is 2.04. The molecule has 2 aromatic rings. The Morgan fingerprint density at radius 2 is 2.06 bits per heavy atom. The van der Waals surface area contributed by atoms with E-state index in [1.807, 2.05) is 0 Å². The van der Waals surface area contributed by atoms with E-state index in [1.165, 1.54) is 18.7 Å². The molecule has 6 heteroatoms. The number of aromatic nitrogens is 4. The number of nitrogens with zero attached hydrogens (tertiary/aromatic N) is 3. The normalized spacial score (nSPS) is 10.0. The average Bonchev–Trinajstić information content (AvgIpc) is 2.83. The maximum absolute atomic E-state index is 11.6. The van der Waals surface area contributed by atoms with Crippen LogP contribution in [-0.4, -0.2) is 32.4 Å². The number of aromatic amines is 1. The number of carbonyl (C=O) groups is 1. The molecular formula is C10H11N5O. The maximum atomic E-state index is 11.6. The Morgan fingerprint density at radius 1 is 1.25 bits per heavy atom. The van der Waals surface area contributed by atoms with Gasteiger partial charge in [0, 0.05) is 37.3 Å². The van der Waals surface area contributed by atoms with Crippen molar-refractivity contribution in [3.8, 4) is 0 Å². The summed E-state index contributed by atoms with van der Waals surface area (Å²) in [4.78, 5) is 26.0. The first-order valence-corrected chi connectivity index (χ1v) is 4.87. The molecule has 0 aromatic carbocycles. The van der Waals surface area contributed by atoms with E-state index in [4.69, 9.17) is 0 Å². The summed E-state index contributed by atoms with van der Waals surface area (Å²) in [7, 11) is 0. The number of rotatable bonds is 4. The SMILES string of the molecule is O=C(NCCc1cnc[nH]1)c1cncnc1. The number of hydrogen-bond donors (Lipinski definition) is 2. The van der Waals surface area contributed by atoms with Gasteiger partial charge < -0.3 is 10.3 Å². The molecule has 2 aromatic heterocycles. The molecule has 0 fully saturated rings. The highest BCUT2D eigenvalue weighted by molar-refractivity contribution is 5.93. The van der Waals surface area contributed by atoms with Gasteiger partial charge in [-0.05, 0) is 0 Å². The van der Waals surface area contributed by atoms with Gasteiger partial charge in [0.05, 0.1) is 11.9 Å². The molecule has 6 nitrogen and oxygen atoms in total. The second-order valence-electron chi connectivity index (χ2n) is 3.21.